The van der Waals surface area contributed by atoms with Gasteiger partial charge in [0.05, 0.1) is 52.9 Å². The van der Waals surface area contributed by atoms with Crippen LogP contribution in [0.5, 0.6) is 0 Å². The van der Waals surface area contributed by atoms with Crippen molar-refractivity contribution in [3.8, 4) is 0 Å². The van der Waals surface area contributed by atoms with E-state index in [0.717, 1.165) is 78.8 Å². The third kappa shape index (κ3) is 13.7. The summed E-state index contributed by atoms with van der Waals surface area (Å²) in [5.41, 5.74) is 23.4. The fourth-order valence-corrected chi connectivity index (χ4v) is 10.6. The van der Waals surface area contributed by atoms with Crippen molar-refractivity contribution >= 4 is 68.5 Å². The third-order valence-electron chi connectivity index (χ3n) is 15.3. The molecule has 75 heavy (non-hydrogen) atoms. The number of aliphatic carboxylic acids is 1. The number of likely N-dealkylation sites (tertiary alicyclic amines) is 3. The van der Waals surface area contributed by atoms with Crippen LogP contribution in [-0.2, 0) is 32.1 Å². The topological polar surface area (TPSA) is 274 Å². The lowest BCUT2D eigenvalue weighted by Gasteiger charge is -2.38. The highest BCUT2D eigenvalue weighted by Crippen LogP contribution is 2.36. The number of fused-ring (bicyclic) bond motifs is 2. The Bertz CT molecular complexity index is 2930. The molecular weight excluding hydrogens is 951 g/mol. The molecule has 0 unspecified atom stereocenters. The normalized spacial score (nSPS) is 20.9. The molecule has 0 saturated carbocycles. The molecule has 8 heterocycles. The monoisotopic (exact) mass is 1030 g/mol. The number of piperidine rings is 4. The Labute approximate surface area is 438 Å². The van der Waals surface area contributed by atoms with E-state index in [4.69, 9.17) is 32.5 Å². The smallest absolute Gasteiger partial charge is 0.394 e. The summed E-state index contributed by atoms with van der Waals surface area (Å²) in [7, 11) is 4.37. The Morgan fingerprint density at radius 1 is 0.680 bits per heavy atom. The second kappa shape index (κ2) is 24.6. The molecule has 10 rings (SSSR count). The average Bonchev–Trinajstić information content (AvgIpc) is 4.05. The first-order chi connectivity index (χ1) is 36.0. The van der Waals surface area contributed by atoms with Crippen LogP contribution in [-0.4, -0.2) is 126 Å². The number of amides is 3. The first kappa shape index (κ1) is 54.3. The number of pyridine rings is 2. The van der Waals surface area contributed by atoms with Gasteiger partial charge >= 0.3 is 23.7 Å². The van der Waals surface area contributed by atoms with Crippen LogP contribution in [0, 0.1) is 11.8 Å². The molecule has 0 bridgehead atoms. The van der Waals surface area contributed by atoms with Crippen LogP contribution in [0.3, 0.4) is 0 Å². The van der Waals surface area contributed by atoms with Crippen molar-refractivity contribution in [1.29, 1.82) is 0 Å². The first-order valence-corrected chi connectivity index (χ1v) is 26.5. The summed E-state index contributed by atoms with van der Waals surface area (Å²) >= 11 is 0. The number of carbonyl (C=O) groups excluding carboxylic acids is 3. The molecular formula is C55H75N15O5. The molecule has 20 heteroatoms. The summed E-state index contributed by atoms with van der Waals surface area (Å²) in [5, 5.41) is 29.0. The number of benzene rings is 2. The largest absolute Gasteiger partial charge is 0.474 e. The SMILES string of the molecule is CCc1cc(NC(=O)C(=O)N2C[C@@H](C)CC[C@@H]2c2ccc3nn(C4CCN(C)CC4)cc3c2)cnc1N.C[C@H]1CC[C@H](c2ccc3cn(C4CCN(C)CC4)nc3c2)NC1.NCc1cc(NC(=O)C(=O)O)cnc1N. The summed E-state index contributed by atoms with van der Waals surface area (Å²) in [6.45, 7) is 12.8. The van der Waals surface area contributed by atoms with Crippen LogP contribution in [0.15, 0.2) is 73.3 Å². The molecule has 4 saturated heterocycles. The second-order valence-corrected chi connectivity index (χ2v) is 21.0. The number of aromatic nitrogens is 6. The number of hydrogen-bond donors (Lipinski definition) is 7. The lowest BCUT2D eigenvalue weighted by Crippen LogP contribution is -2.46. The number of nitrogens with zero attached hydrogens (tertiary/aromatic N) is 9. The van der Waals surface area contributed by atoms with Gasteiger partial charge in [-0.3, -0.25) is 23.7 Å². The van der Waals surface area contributed by atoms with Gasteiger partial charge < -0.3 is 53.0 Å². The summed E-state index contributed by atoms with van der Waals surface area (Å²) in [5.74, 6) is -2.05. The lowest BCUT2D eigenvalue weighted by molar-refractivity contribution is -0.147. The van der Waals surface area contributed by atoms with Crippen LogP contribution < -0.4 is 33.2 Å². The number of nitrogens with one attached hydrogen (secondary N) is 3. The first-order valence-electron chi connectivity index (χ1n) is 26.5. The number of carbonyl (C=O) groups is 4. The van der Waals surface area contributed by atoms with Gasteiger partial charge in [0.25, 0.3) is 0 Å². The number of nitrogens with two attached hydrogens (primary N) is 3. The minimum Gasteiger partial charge on any atom is -0.474 e. The lowest BCUT2D eigenvalue weighted by atomic mass is 9.89. The Morgan fingerprint density at radius 3 is 1.85 bits per heavy atom. The summed E-state index contributed by atoms with van der Waals surface area (Å²) in [4.78, 5) is 61.9. The van der Waals surface area contributed by atoms with Crippen LogP contribution in [0.1, 0.15) is 119 Å². The van der Waals surface area contributed by atoms with Gasteiger partial charge in [0.2, 0.25) is 0 Å². The van der Waals surface area contributed by atoms with E-state index in [1.165, 1.54) is 68.2 Å². The van der Waals surface area contributed by atoms with Gasteiger partial charge in [-0.2, -0.15) is 10.2 Å². The average molecular weight is 1030 g/mol. The molecule has 10 N–H and O–H groups in total. The van der Waals surface area contributed by atoms with Gasteiger partial charge in [-0.1, -0.05) is 39.0 Å². The Morgan fingerprint density at radius 2 is 1.25 bits per heavy atom. The molecule has 0 aliphatic carbocycles. The Hall–Kier alpha value is -7.00. The van der Waals surface area contributed by atoms with Crippen LogP contribution in [0.2, 0.25) is 0 Å². The minimum atomic E-state index is -1.57. The van der Waals surface area contributed by atoms with Crippen molar-refractivity contribution in [2.75, 3.05) is 75.5 Å². The van der Waals surface area contributed by atoms with Crippen LogP contribution in [0.25, 0.3) is 21.8 Å². The molecule has 2 aromatic carbocycles. The van der Waals surface area contributed by atoms with E-state index in [2.05, 4.69) is 116 Å². The number of hydrogen-bond acceptors (Lipinski definition) is 14. The number of carboxylic acids is 1. The summed E-state index contributed by atoms with van der Waals surface area (Å²) in [6.07, 6.45) is 16.8. The second-order valence-electron chi connectivity index (χ2n) is 21.0. The minimum absolute atomic E-state index is 0.152. The number of carboxylic acid groups (broad SMARTS) is 1. The molecule has 4 aromatic heterocycles. The van der Waals surface area contributed by atoms with Crippen molar-refractivity contribution in [2.45, 2.75) is 109 Å². The van der Waals surface area contributed by atoms with E-state index in [1.807, 2.05) is 13.0 Å². The summed E-state index contributed by atoms with van der Waals surface area (Å²) < 4.78 is 4.34. The standard InChI is InChI=1S/C28H37N7O2.C19H28N4.C8H10N4O3/c1-4-19-14-22(15-30-26(19)29)31-27(36)28(37)34-16-18(2)5-8-25(34)20-6-7-24-21(13-20)17-35(32-24)23-9-11-33(3)12-10-23;1-14-3-6-18(20-12-14)15-4-5-16-13-23(21-19(16)11-15)17-7-9-22(2)10-8-17;9-2-4-1-5(3-11-6(4)10)12-7(13)8(14)15/h6-7,13-15,17-18,23,25H,4-5,8-12,16H2,1-3H3,(H2,29,30)(H,31,36);4-5,11,13-14,17-18,20H,3,6-10,12H2,1-2H3;1,3H,2,9H2,(H2,10,11)(H,12,13)(H,14,15)/t18-,25+;14-,18+;/m00./s1. The maximum Gasteiger partial charge on any atom is 0.394 e. The highest BCUT2D eigenvalue weighted by molar-refractivity contribution is 6.39. The number of anilines is 4. The molecule has 3 amide bonds. The Balaban J connectivity index is 0.000000167. The zero-order chi connectivity index (χ0) is 53.3. The Kier molecular flexibility index (Phi) is 17.8. The molecule has 0 spiro atoms. The molecule has 400 valence electrons. The van der Waals surface area contributed by atoms with E-state index in [-0.39, 0.29) is 24.1 Å². The fraction of sp³-hybridized carbons (Fsp3) is 0.491. The molecule has 20 nitrogen and oxygen atoms in total. The maximum atomic E-state index is 13.4. The van der Waals surface area contributed by atoms with Crippen molar-refractivity contribution in [3.05, 3.63) is 95.6 Å². The van der Waals surface area contributed by atoms with E-state index < -0.39 is 23.7 Å². The quantitative estimate of drug-likeness (QED) is 0.0826. The number of nitrogen functional groups attached to an aromatic ring is 2. The van der Waals surface area contributed by atoms with Gasteiger partial charge in [0.1, 0.15) is 11.6 Å². The number of aryl methyl sites for hydroxylation is 1. The highest BCUT2D eigenvalue weighted by Gasteiger charge is 2.35. The van der Waals surface area contributed by atoms with Crippen molar-refractivity contribution in [2.24, 2.45) is 17.6 Å². The van der Waals surface area contributed by atoms with E-state index in [9.17, 15) is 19.2 Å². The number of rotatable bonds is 8. The fourth-order valence-electron chi connectivity index (χ4n) is 10.6. The predicted octanol–water partition coefficient (Wildman–Crippen LogP) is 6.29. The molecule has 4 aliphatic rings. The predicted molar refractivity (Wildman–Crippen MR) is 292 cm³/mol. The van der Waals surface area contributed by atoms with E-state index in [0.29, 0.717) is 54.1 Å². The molecule has 6 aromatic rings. The van der Waals surface area contributed by atoms with E-state index in [1.54, 1.807) is 11.0 Å². The van der Waals surface area contributed by atoms with Gasteiger partial charge in [-0.05, 0) is 163 Å². The molecule has 4 aliphatic heterocycles. The van der Waals surface area contributed by atoms with Gasteiger partial charge in [0.15, 0.2) is 0 Å². The van der Waals surface area contributed by atoms with Crippen molar-refractivity contribution in [3.63, 3.8) is 0 Å². The van der Waals surface area contributed by atoms with Crippen molar-refractivity contribution < 1.29 is 24.3 Å². The van der Waals surface area contributed by atoms with Gasteiger partial charge in [-0.15, -0.1) is 0 Å². The summed E-state index contributed by atoms with van der Waals surface area (Å²) in [6, 6.07) is 17.7. The molecule has 0 radical (unpaired) electrons. The zero-order valence-corrected chi connectivity index (χ0v) is 44.0. The van der Waals surface area contributed by atoms with Crippen LogP contribution >= 0.6 is 0 Å². The molecule has 4 fully saturated rings. The highest BCUT2D eigenvalue weighted by atomic mass is 16.4. The van der Waals surface area contributed by atoms with Crippen LogP contribution in [0.4, 0.5) is 23.0 Å². The zero-order valence-electron chi connectivity index (χ0n) is 44.0. The van der Waals surface area contributed by atoms with Gasteiger partial charge in [-0.25, -0.2) is 14.8 Å². The van der Waals surface area contributed by atoms with E-state index >= 15 is 0 Å². The molecule has 4 atom stereocenters. The maximum absolute atomic E-state index is 13.4. The third-order valence-corrected chi connectivity index (χ3v) is 15.3. The van der Waals surface area contributed by atoms with Crippen molar-refractivity contribution in [1.82, 2.24) is 49.5 Å². The van der Waals surface area contributed by atoms with Gasteiger partial charge in [0, 0.05) is 47.9 Å².